The van der Waals surface area contributed by atoms with Crippen molar-refractivity contribution in [2.75, 3.05) is 11.4 Å². The fraction of sp³-hybridized carbons (Fsp3) is 0.533. The van der Waals surface area contributed by atoms with E-state index in [0.717, 1.165) is 17.8 Å². The topological polar surface area (TPSA) is 53.1 Å². The van der Waals surface area contributed by atoms with Crippen molar-refractivity contribution in [3.05, 3.63) is 29.3 Å². The summed E-state index contributed by atoms with van der Waals surface area (Å²) < 4.78 is 0. The van der Waals surface area contributed by atoms with Crippen LogP contribution >= 0.6 is 0 Å². The second-order valence-corrected chi connectivity index (χ2v) is 5.44. The van der Waals surface area contributed by atoms with Crippen molar-refractivity contribution in [2.24, 2.45) is 11.7 Å². The molecule has 2 rings (SSSR count). The van der Waals surface area contributed by atoms with Crippen LogP contribution in [0.4, 0.5) is 5.69 Å². The van der Waals surface area contributed by atoms with Gasteiger partial charge in [-0.1, -0.05) is 19.1 Å². The van der Waals surface area contributed by atoms with Crippen LogP contribution in [0.15, 0.2) is 18.2 Å². The van der Waals surface area contributed by atoms with E-state index in [9.17, 15) is 0 Å². The standard InChI is InChI=1S/C15H23N3/c1-10-7-5-9-18(12(10)3)14-11(2)6-4-8-13(14)15(16)17/h4,6,8,10,12H,5,7,9H2,1-3H3,(H3,16,17). The number of anilines is 1. The highest BCUT2D eigenvalue weighted by Crippen LogP contribution is 2.33. The number of para-hydroxylation sites is 1. The van der Waals surface area contributed by atoms with Gasteiger partial charge >= 0.3 is 0 Å². The van der Waals surface area contributed by atoms with Crippen LogP contribution in [-0.2, 0) is 0 Å². The zero-order valence-electron chi connectivity index (χ0n) is 11.5. The summed E-state index contributed by atoms with van der Waals surface area (Å²) >= 11 is 0. The van der Waals surface area contributed by atoms with Crippen molar-refractivity contribution in [1.82, 2.24) is 0 Å². The molecule has 0 spiro atoms. The molecule has 1 heterocycles. The van der Waals surface area contributed by atoms with Gasteiger partial charge in [0.05, 0.1) is 5.69 Å². The van der Waals surface area contributed by atoms with Crippen LogP contribution in [0.2, 0.25) is 0 Å². The summed E-state index contributed by atoms with van der Waals surface area (Å²) in [5, 5.41) is 7.76. The molecule has 1 aromatic rings. The molecule has 0 bridgehead atoms. The summed E-state index contributed by atoms with van der Waals surface area (Å²) in [6.45, 7) is 7.76. The Morgan fingerprint density at radius 2 is 2.11 bits per heavy atom. The Balaban J connectivity index is 2.46. The highest BCUT2D eigenvalue weighted by Gasteiger charge is 2.27. The van der Waals surface area contributed by atoms with Crippen LogP contribution in [0, 0.1) is 18.3 Å². The molecule has 1 aliphatic rings. The van der Waals surface area contributed by atoms with Gasteiger partial charge < -0.3 is 10.6 Å². The van der Waals surface area contributed by atoms with Crippen molar-refractivity contribution in [3.8, 4) is 0 Å². The number of nitrogens with zero attached hydrogens (tertiary/aromatic N) is 1. The van der Waals surface area contributed by atoms with Crippen molar-refractivity contribution >= 4 is 11.5 Å². The molecule has 1 aromatic carbocycles. The van der Waals surface area contributed by atoms with E-state index in [1.54, 1.807) is 0 Å². The molecule has 3 N–H and O–H groups in total. The number of rotatable bonds is 2. The minimum atomic E-state index is 0.166. The van der Waals surface area contributed by atoms with Crippen molar-refractivity contribution < 1.29 is 0 Å². The van der Waals surface area contributed by atoms with E-state index in [1.807, 2.05) is 12.1 Å². The van der Waals surface area contributed by atoms with Crippen LogP contribution < -0.4 is 10.6 Å². The summed E-state index contributed by atoms with van der Waals surface area (Å²) in [5.41, 5.74) is 8.97. The molecule has 1 saturated heterocycles. The molecule has 18 heavy (non-hydrogen) atoms. The van der Waals surface area contributed by atoms with Crippen molar-refractivity contribution in [1.29, 1.82) is 5.41 Å². The fourth-order valence-corrected chi connectivity index (χ4v) is 2.91. The summed E-state index contributed by atoms with van der Waals surface area (Å²) in [5.74, 6) is 0.859. The maximum absolute atomic E-state index is 7.76. The zero-order chi connectivity index (χ0) is 13.3. The van der Waals surface area contributed by atoms with Gasteiger partial charge in [0.15, 0.2) is 0 Å². The van der Waals surface area contributed by atoms with Gasteiger partial charge in [0.1, 0.15) is 5.84 Å². The number of hydrogen-bond acceptors (Lipinski definition) is 2. The van der Waals surface area contributed by atoms with E-state index < -0.39 is 0 Å². The van der Waals surface area contributed by atoms with Gasteiger partial charge in [-0.2, -0.15) is 0 Å². The monoisotopic (exact) mass is 245 g/mol. The molecule has 0 aromatic heterocycles. The maximum Gasteiger partial charge on any atom is 0.124 e. The number of piperidine rings is 1. The lowest BCUT2D eigenvalue weighted by Crippen LogP contribution is -2.43. The van der Waals surface area contributed by atoms with Gasteiger partial charge in [0, 0.05) is 18.2 Å². The van der Waals surface area contributed by atoms with Crippen LogP contribution in [0.5, 0.6) is 0 Å². The minimum absolute atomic E-state index is 0.166. The predicted molar refractivity (Wildman–Crippen MR) is 77.4 cm³/mol. The third-order valence-corrected chi connectivity index (χ3v) is 4.19. The van der Waals surface area contributed by atoms with Gasteiger partial charge in [-0.05, 0) is 44.2 Å². The molecule has 0 saturated carbocycles. The molecule has 2 atom stereocenters. The van der Waals surface area contributed by atoms with Gasteiger partial charge in [-0.25, -0.2) is 0 Å². The Labute approximate surface area is 109 Å². The summed E-state index contributed by atoms with van der Waals surface area (Å²) in [6, 6.07) is 6.55. The van der Waals surface area contributed by atoms with Gasteiger partial charge in [-0.3, -0.25) is 5.41 Å². The first-order valence-corrected chi connectivity index (χ1v) is 6.73. The zero-order valence-corrected chi connectivity index (χ0v) is 11.5. The van der Waals surface area contributed by atoms with Crippen molar-refractivity contribution in [3.63, 3.8) is 0 Å². The number of nitrogens with two attached hydrogens (primary N) is 1. The predicted octanol–water partition coefficient (Wildman–Crippen LogP) is 2.90. The first kappa shape index (κ1) is 12.9. The molecular formula is C15H23N3. The maximum atomic E-state index is 7.76. The minimum Gasteiger partial charge on any atom is -0.384 e. The Kier molecular flexibility index (Phi) is 3.60. The molecular weight excluding hydrogens is 222 g/mol. The first-order chi connectivity index (χ1) is 8.52. The smallest absolute Gasteiger partial charge is 0.124 e. The Hall–Kier alpha value is -1.51. The third-order valence-electron chi connectivity index (χ3n) is 4.19. The van der Waals surface area contributed by atoms with E-state index in [1.165, 1.54) is 18.4 Å². The van der Waals surface area contributed by atoms with E-state index >= 15 is 0 Å². The Morgan fingerprint density at radius 1 is 1.39 bits per heavy atom. The van der Waals surface area contributed by atoms with Gasteiger partial charge in [-0.15, -0.1) is 0 Å². The SMILES string of the molecule is Cc1cccc(C(=N)N)c1N1CCCC(C)C1C. The summed E-state index contributed by atoms with van der Waals surface area (Å²) in [6.07, 6.45) is 2.51. The molecule has 1 aliphatic heterocycles. The van der Waals surface area contributed by atoms with E-state index in [0.29, 0.717) is 12.0 Å². The number of amidine groups is 1. The normalized spacial score (nSPS) is 24.1. The first-order valence-electron chi connectivity index (χ1n) is 6.73. The lowest BCUT2D eigenvalue weighted by atomic mass is 9.90. The molecule has 3 nitrogen and oxygen atoms in total. The molecule has 0 radical (unpaired) electrons. The van der Waals surface area contributed by atoms with Crippen LogP contribution in [0.25, 0.3) is 0 Å². The third kappa shape index (κ3) is 2.22. The Morgan fingerprint density at radius 3 is 2.78 bits per heavy atom. The molecule has 2 unspecified atom stereocenters. The molecule has 98 valence electrons. The summed E-state index contributed by atoms with van der Waals surface area (Å²) in [7, 11) is 0. The number of aryl methyl sites for hydroxylation is 1. The number of hydrogen-bond donors (Lipinski definition) is 2. The van der Waals surface area contributed by atoms with Gasteiger partial charge in [0.2, 0.25) is 0 Å². The quantitative estimate of drug-likeness (QED) is 0.622. The average Bonchev–Trinajstić information content (AvgIpc) is 2.33. The summed E-state index contributed by atoms with van der Waals surface area (Å²) in [4.78, 5) is 2.43. The fourth-order valence-electron chi connectivity index (χ4n) is 2.91. The van der Waals surface area contributed by atoms with Crippen LogP contribution in [0.3, 0.4) is 0 Å². The molecule has 3 heteroatoms. The molecule has 0 aliphatic carbocycles. The average molecular weight is 245 g/mol. The van der Waals surface area contributed by atoms with Gasteiger partial charge in [0.25, 0.3) is 0 Å². The van der Waals surface area contributed by atoms with E-state index in [4.69, 9.17) is 11.1 Å². The highest BCUT2D eigenvalue weighted by molar-refractivity contribution is 6.01. The number of nitrogens with one attached hydrogen (secondary N) is 1. The largest absolute Gasteiger partial charge is 0.384 e. The number of nitrogen functional groups attached to an aromatic ring is 1. The second-order valence-electron chi connectivity index (χ2n) is 5.44. The van der Waals surface area contributed by atoms with E-state index in [-0.39, 0.29) is 5.84 Å². The lowest BCUT2D eigenvalue weighted by Gasteiger charge is -2.41. The van der Waals surface area contributed by atoms with Crippen LogP contribution in [-0.4, -0.2) is 18.4 Å². The highest BCUT2D eigenvalue weighted by atomic mass is 15.2. The Bertz CT molecular complexity index is 453. The van der Waals surface area contributed by atoms with Crippen molar-refractivity contribution in [2.45, 2.75) is 39.7 Å². The molecule has 0 amide bonds. The number of benzene rings is 1. The van der Waals surface area contributed by atoms with E-state index in [2.05, 4.69) is 31.7 Å². The van der Waals surface area contributed by atoms with Crippen LogP contribution in [0.1, 0.15) is 37.8 Å². The lowest BCUT2D eigenvalue weighted by molar-refractivity contribution is 0.363. The second kappa shape index (κ2) is 5.01. The molecule has 1 fully saturated rings.